The highest BCUT2D eigenvalue weighted by molar-refractivity contribution is 6.02. The van der Waals surface area contributed by atoms with Crippen molar-refractivity contribution in [1.82, 2.24) is 5.32 Å². The van der Waals surface area contributed by atoms with E-state index < -0.39 is 10.8 Å². The molecule has 1 aliphatic carbocycles. The van der Waals surface area contributed by atoms with Gasteiger partial charge in [0.2, 0.25) is 5.91 Å². The van der Waals surface area contributed by atoms with Crippen molar-refractivity contribution in [1.29, 1.82) is 0 Å². The van der Waals surface area contributed by atoms with Crippen molar-refractivity contribution in [3.63, 3.8) is 0 Å². The Labute approximate surface area is 191 Å². The molecule has 2 atom stereocenters. The summed E-state index contributed by atoms with van der Waals surface area (Å²) in [6.45, 7) is 3.87. The third-order valence-electron chi connectivity index (χ3n) is 6.04. The predicted octanol–water partition coefficient (Wildman–Crippen LogP) is 4.39. The van der Waals surface area contributed by atoms with Crippen LogP contribution < -0.4 is 14.8 Å². The fourth-order valence-electron chi connectivity index (χ4n) is 4.63. The Bertz CT molecular complexity index is 1150. The van der Waals surface area contributed by atoms with Crippen LogP contribution in [0.1, 0.15) is 56.1 Å². The van der Waals surface area contributed by atoms with Crippen molar-refractivity contribution in [3.8, 4) is 11.5 Å². The summed E-state index contributed by atoms with van der Waals surface area (Å²) in [6.07, 6.45) is 0.863. The van der Waals surface area contributed by atoms with E-state index in [-0.39, 0.29) is 42.2 Å². The molecule has 2 aromatic carbocycles. The fourth-order valence-corrected chi connectivity index (χ4v) is 4.63. The number of carbonyl (C=O) groups is 2. The number of ether oxygens (including phenoxy) is 2. The van der Waals surface area contributed by atoms with Gasteiger partial charge in [0.25, 0.3) is 5.69 Å². The van der Waals surface area contributed by atoms with E-state index in [0.717, 1.165) is 5.56 Å². The number of hydrogen-bond acceptors (Lipinski definition) is 6. The number of nitro groups is 1. The Hall–Kier alpha value is -3.68. The molecule has 2 unspecified atom stereocenters. The summed E-state index contributed by atoms with van der Waals surface area (Å²) in [5, 5.41) is 14.1. The highest BCUT2D eigenvalue weighted by Crippen LogP contribution is 2.44. The maximum atomic E-state index is 13.3. The first-order valence-electron chi connectivity index (χ1n) is 10.9. The van der Waals surface area contributed by atoms with Crippen LogP contribution in [0.3, 0.4) is 0 Å². The number of nitrogens with one attached hydrogen (secondary N) is 1. The van der Waals surface area contributed by atoms with E-state index in [1.807, 2.05) is 32.0 Å². The lowest BCUT2D eigenvalue weighted by Gasteiger charge is -2.34. The lowest BCUT2D eigenvalue weighted by molar-refractivity contribution is -0.384. The molecule has 0 aromatic heterocycles. The number of benzene rings is 2. The number of amides is 1. The minimum Gasteiger partial charge on any atom is -0.493 e. The topological polar surface area (TPSA) is 108 Å². The van der Waals surface area contributed by atoms with Crippen LogP contribution in [0, 0.1) is 10.1 Å². The summed E-state index contributed by atoms with van der Waals surface area (Å²) < 4.78 is 11.3. The van der Waals surface area contributed by atoms with Crippen molar-refractivity contribution < 1.29 is 24.0 Å². The number of methoxy groups -OCH3 is 1. The zero-order valence-electron chi connectivity index (χ0n) is 18.8. The summed E-state index contributed by atoms with van der Waals surface area (Å²) >= 11 is 0. The van der Waals surface area contributed by atoms with E-state index in [0.29, 0.717) is 34.8 Å². The SMILES string of the molecule is COc1cc(C2CC(=O)C3=C(C2)NC(=O)CC3c2cccc([N+](=O)[O-])c2)ccc1OC(C)C. The summed E-state index contributed by atoms with van der Waals surface area (Å²) in [4.78, 5) is 36.5. The van der Waals surface area contributed by atoms with Gasteiger partial charge in [-0.05, 0) is 49.4 Å². The van der Waals surface area contributed by atoms with Crippen molar-refractivity contribution >= 4 is 17.4 Å². The van der Waals surface area contributed by atoms with Gasteiger partial charge in [0, 0.05) is 42.2 Å². The average molecular weight is 450 g/mol. The van der Waals surface area contributed by atoms with Gasteiger partial charge in [-0.25, -0.2) is 0 Å². The second-order valence-corrected chi connectivity index (χ2v) is 8.65. The molecule has 1 aliphatic heterocycles. The van der Waals surface area contributed by atoms with Crippen LogP contribution in [-0.4, -0.2) is 29.8 Å². The van der Waals surface area contributed by atoms with Crippen molar-refractivity contribution in [2.75, 3.05) is 7.11 Å². The third kappa shape index (κ3) is 4.60. The number of non-ortho nitro benzene ring substituents is 1. The smallest absolute Gasteiger partial charge is 0.269 e. The van der Waals surface area contributed by atoms with Gasteiger partial charge in [-0.2, -0.15) is 0 Å². The normalized spacial score (nSPS) is 20.4. The Morgan fingerprint density at radius 1 is 1.03 bits per heavy atom. The number of carbonyl (C=O) groups excluding carboxylic acids is 2. The number of Topliss-reactive ketones (excluding diaryl/α,β-unsaturated/α-hetero) is 1. The Balaban J connectivity index is 1.67. The molecule has 1 heterocycles. The molecule has 0 saturated carbocycles. The molecule has 4 rings (SSSR count). The maximum Gasteiger partial charge on any atom is 0.269 e. The molecule has 1 amide bonds. The molecular weight excluding hydrogens is 424 g/mol. The fraction of sp³-hybridized carbons (Fsp3) is 0.360. The first-order chi connectivity index (χ1) is 15.8. The minimum absolute atomic E-state index is 0.00285. The van der Waals surface area contributed by atoms with Gasteiger partial charge in [0.1, 0.15) is 0 Å². The molecule has 0 bridgehead atoms. The molecule has 8 nitrogen and oxygen atoms in total. The van der Waals surface area contributed by atoms with Gasteiger partial charge < -0.3 is 14.8 Å². The van der Waals surface area contributed by atoms with Crippen molar-refractivity contribution in [2.45, 2.75) is 51.0 Å². The molecule has 33 heavy (non-hydrogen) atoms. The van der Waals surface area contributed by atoms with Gasteiger partial charge in [0.15, 0.2) is 17.3 Å². The molecule has 2 aliphatic rings. The van der Waals surface area contributed by atoms with Gasteiger partial charge in [-0.15, -0.1) is 0 Å². The zero-order valence-corrected chi connectivity index (χ0v) is 18.8. The second-order valence-electron chi connectivity index (χ2n) is 8.65. The first kappa shape index (κ1) is 22.5. The highest BCUT2D eigenvalue weighted by Gasteiger charge is 2.38. The van der Waals surface area contributed by atoms with Gasteiger partial charge in [0.05, 0.1) is 18.1 Å². The van der Waals surface area contributed by atoms with E-state index in [1.165, 1.54) is 12.1 Å². The van der Waals surface area contributed by atoms with E-state index >= 15 is 0 Å². The number of nitrogens with zero attached hydrogens (tertiary/aromatic N) is 1. The van der Waals surface area contributed by atoms with Crippen molar-refractivity contribution in [3.05, 3.63) is 75.0 Å². The van der Waals surface area contributed by atoms with Gasteiger partial charge in [-0.3, -0.25) is 19.7 Å². The number of ketones is 1. The van der Waals surface area contributed by atoms with Crippen LogP contribution >= 0.6 is 0 Å². The summed E-state index contributed by atoms with van der Waals surface area (Å²) in [7, 11) is 1.57. The maximum absolute atomic E-state index is 13.3. The highest BCUT2D eigenvalue weighted by atomic mass is 16.6. The largest absolute Gasteiger partial charge is 0.493 e. The minimum atomic E-state index is -0.488. The number of hydrogen-bond donors (Lipinski definition) is 1. The lowest BCUT2D eigenvalue weighted by atomic mass is 9.73. The first-order valence-corrected chi connectivity index (χ1v) is 10.9. The average Bonchev–Trinajstić information content (AvgIpc) is 2.78. The zero-order chi connectivity index (χ0) is 23.7. The van der Waals surface area contributed by atoms with Crippen LogP contribution in [0.4, 0.5) is 5.69 Å². The summed E-state index contributed by atoms with van der Waals surface area (Å²) in [5.41, 5.74) is 2.63. The van der Waals surface area contributed by atoms with Gasteiger partial charge >= 0.3 is 0 Å². The quantitative estimate of drug-likeness (QED) is 0.516. The third-order valence-corrected chi connectivity index (χ3v) is 6.04. The Morgan fingerprint density at radius 3 is 2.52 bits per heavy atom. The summed E-state index contributed by atoms with van der Waals surface area (Å²) in [5.74, 6) is 0.364. The molecule has 2 aromatic rings. The molecule has 0 saturated heterocycles. The number of rotatable bonds is 6. The van der Waals surface area contributed by atoms with Crippen molar-refractivity contribution in [2.24, 2.45) is 0 Å². The van der Waals surface area contributed by atoms with Crippen LogP contribution in [-0.2, 0) is 9.59 Å². The van der Waals surface area contributed by atoms with E-state index in [1.54, 1.807) is 19.2 Å². The van der Waals surface area contributed by atoms with Gasteiger partial charge in [-0.1, -0.05) is 18.2 Å². The molecular formula is C25H26N2O6. The molecule has 8 heteroatoms. The molecule has 1 N–H and O–H groups in total. The molecule has 172 valence electrons. The summed E-state index contributed by atoms with van der Waals surface area (Å²) in [6, 6.07) is 11.8. The molecule has 0 fully saturated rings. The van der Waals surface area contributed by atoms with Crippen LogP contribution in [0.5, 0.6) is 11.5 Å². The molecule has 0 radical (unpaired) electrons. The van der Waals surface area contributed by atoms with Crippen LogP contribution in [0.2, 0.25) is 0 Å². The van der Waals surface area contributed by atoms with E-state index in [2.05, 4.69) is 5.32 Å². The number of allylic oxidation sites excluding steroid dienone is 2. The predicted molar refractivity (Wildman–Crippen MR) is 121 cm³/mol. The second kappa shape index (κ2) is 9.05. The Kier molecular flexibility index (Phi) is 6.18. The monoisotopic (exact) mass is 450 g/mol. The lowest BCUT2D eigenvalue weighted by Crippen LogP contribution is -2.38. The van der Waals surface area contributed by atoms with E-state index in [4.69, 9.17) is 9.47 Å². The Morgan fingerprint density at radius 2 is 1.82 bits per heavy atom. The molecule has 0 spiro atoms. The van der Waals surface area contributed by atoms with E-state index in [9.17, 15) is 19.7 Å². The standard InChI is InChI=1S/C25H26N2O6/c1-14(2)33-22-8-7-15(12-23(22)32-3)17-10-20-25(21(28)11-17)19(13-24(29)26-20)16-5-4-6-18(9-16)27(30)31/h4-9,12,14,17,19H,10-11,13H2,1-3H3,(H,26,29). The number of nitro benzene ring substituents is 1. The van der Waals surface area contributed by atoms with Crippen LogP contribution in [0.25, 0.3) is 0 Å². The van der Waals surface area contributed by atoms with Crippen LogP contribution in [0.15, 0.2) is 53.7 Å².